The Balaban J connectivity index is 1.93. The van der Waals surface area contributed by atoms with Gasteiger partial charge >= 0.3 is 0 Å². The van der Waals surface area contributed by atoms with Gasteiger partial charge in [0.1, 0.15) is 0 Å². The van der Waals surface area contributed by atoms with E-state index in [9.17, 15) is 9.59 Å². The van der Waals surface area contributed by atoms with E-state index in [2.05, 4.69) is 36.2 Å². The number of anilines is 2. The minimum absolute atomic E-state index is 0.0115. The Labute approximate surface area is 157 Å². The fourth-order valence-electron chi connectivity index (χ4n) is 3.57. The van der Waals surface area contributed by atoms with E-state index in [0.29, 0.717) is 19.5 Å². The number of hydrogen-bond acceptors (Lipinski definition) is 3. The van der Waals surface area contributed by atoms with Crippen LogP contribution in [0.15, 0.2) is 18.2 Å². The lowest BCUT2D eigenvalue weighted by Crippen LogP contribution is -2.41. The molecule has 1 N–H and O–H groups in total. The highest BCUT2D eigenvalue weighted by atomic mass is 16.2. The summed E-state index contributed by atoms with van der Waals surface area (Å²) in [6.07, 6.45) is 2.98. The molecule has 0 bridgehead atoms. The van der Waals surface area contributed by atoms with Crippen LogP contribution in [0.25, 0.3) is 0 Å². The molecular weight excluding hydrogens is 326 g/mol. The van der Waals surface area contributed by atoms with E-state index < -0.39 is 0 Å². The predicted molar refractivity (Wildman–Crippen MR) is 108 cm³/mol. The lowest BCUT2D eigenvalue weighted by Gasteiger charge is -2.31. The minimum Gasteiger partial charge on any atom is -0.372 e. The maximum absolute atomic E-state index is 12.6. The highest BCUT2D eigenvalue weighted by molar-refractivity contribution is 5.93. The SMILES string of the molecule is CCCC(=O)N1CCC(C(=O)Nc2ccc(N(CC)CC)cc2C)CC1. The lowest BCUT2D eigenvalue weighted by atomic mass is 9.95. The molecule has 1 aliphatic heterocycles. The van der Waals surface area contributed by atoms with E-state index in [-0.39, 0.29) is 17.7 Å². The van der Waals surface area contributed by atoms with E-state index >= 15 is 0 Å². The third-order valence-corrected chi connectivity index (χ3v) is 5.28. The number of carbonyl (C=O) groups is 2. The molecule has 0 saturated carbocycles. The van der Waals surface area contributed by atoms with Crippen LogP contribution in [0.1, 0.15) is 52.0 Å². The summed E-state index contributed by atoms with van der Waals surface area (Å²) >= 11 is 0. The number of amides is 2. The number of rotatable bonds is 7. The second-order valence-electron chi connectivity index (χ2n) is 7.07. The number of carbonyl (C=O) groups excluding carboxylic acids is 2. The Morgan fingerprint density at radius 1 is 1.15 bits per heavy atom. The van der Waals surface area contributed by atoms with Gasteiger partial charge in [0.2, 0.25) is 11.8 Å². The van der Waals surface area contributed by atoms with Crippen molar-refractivity contribution in [3.05, 3.63) is 23.8 Å². The average Bonchev–Trinajstić information content (AvgIpc) is 2.65. The predicted octanol–water partition coefficient (Wildman–Crippen LogP) is 3.82. The summed E-state index contributed by atoms with van der Waals surface area (Å²) in [5, 5.41) is 3.09. The topological polar surface area (TPSA) is 52.7 Å². The number of likely N-dealkylation sites (tertiary alicyclic amines) is 1. The van der Waals surface area contributed by atoms with Gasteiger partial charge in [0.15, 0.2) is 0 Å². The number of nitrogens with one attached hydrogen (secondary N) is 1. The van der Waals surface area contributed by atoms with Crippen molar-refractivity contribution in [2.45, 2.75) is 53.4 Å². The van der Waals surface area contributed by atoms with Gasteiger partial charge in [0.05, 0.1) is 0 Å². The summed E-state index contributed by atoms with van der Waals surface area (Å²) in [6.45, 7) is 11.7. The number of hydrogen-bond donors (Lipinski definition) is 1. The van der Waals surface area contributed by atoms with Gasteiger partial charge in [-0.2, -0.15) is 0 Å². The monoisotopic (exact) mass is 359 g/mol. The van der Waals surface area contributed by atoms with E-state index in [1.54, 1.807) is 0 Å². The first-order chi connectivity index (χ1) is 12.5. The van der Waals surface area contributed by atoms with Gasteiger partial charge in [-0.3, -0.25) is 9.59 Å². The fourth-order valence-corrected chi connectivity index (χ4v) is 3.57. The molecule has 5 nitrogen and oxygen atoms in total. The van der Waals surface area contributed by atoms with Crippen molar-refractivity contribution < 1.29 is 9.59 Å². The molecule has 2 amide bonds. The van der Waals surface area contributed by atoms with Crippen molar-refractivity contribution in [3.63, 3.8) is 0 Å². The first-order valence-electron chi connectivity index (χ1n) is 9.94. The Hall–Kier alpha value is -2.04. The van der Waals surface area contributed by atoms with Crippen LogP contribution < -0.4 is 10.2 Å². The summed E-state index contributed by atoms with van der Waals surface area (Å²) in [4.78, 5) is 28.8. The Bertz CT molecular complexity index is 618. The zero-order valence-electron chi connectivity index (χ0n) is 16.7. The van der Waals surface area contributed by atoms with Gasteiger partial charge < -0.3 is 15.1 Å². The van der Waals surface area contributed by atoms with Gasteiger partial charge in [-0.25, -0.2) is 0 Å². The molecule has 2 rings (SSSR count). The van der Waals surface area contributed by atoms with Crippen molar-refractivity contribution >= 4 is 23.2 Å². The minimum atomic E-state index is -0.0115. The van der Waals surface area contributed by atoms with Crippen LogP contribution in [0.4, 0.5) is 11.4 Å². The molecule has 1 fully saturated rings. The molecule has 0 spiro atoms. The molecular formula is C21H33N3O2. The summed E-state index contributed by atoms with van der Waals surface area (Å²) in [5.74, 6) is 0.281. The molecule has 1 heterocycles. The lowest BCUT2D eigenvalue weighted by molar-refractivity contribution is -0.134. The molecule has 0 atom stereocenters. The molecule has 144 valence electrons. The van der Waals surface area contributed by atoms with Crippen molar-refractivity contribution in [1.82, 2.24) is 4.90 Å². The Kier molecular flexibility index (Phi) is 7.49. The van der Waals surface area contributed by atoms with Gasteiger partial charge in [0, 0.05) is 49.9 Å². The average molecular weight is 360 g/mol. The number of nitrogens with zero attached hydrogens (tertiary/aromatic N) is 2. The van der Waals surface area contributed by atoms with Crippen LogP contribution in [-0.4, -0.2) is 42.9 Å². The van der Waals surface area contributed by atoms with Crippen LogP contribution in [0.2, 0.25) is 0 Å². The normalized spacial score (nSPS) is 15.0. The molecule has 0 aliphatic carbocycles. The van der Waals surface area contributed by atoms with Gasteiger partial charge in [-0.1, -0.05) is 6.92 Å². The molecule has 26 heavy (non-hydrogen) atoms. The van der Waals surface area contributed by atoms with Crippen LogP contribution in [0, 0.1) is 12.8 Å². The maximum Gasteiger partial charge on any atom is 0.227 e. The largest absolute Gasteiger partial charge is 0.372 e. The molecule has 0 unspecified atom stereocenters. The number of benzene rings is 1. The molecule has 1 aromatic carbocycles. The third kappa shape index (κ3) is 4.99. The number of aryl methyl sites for hydroxylation is 1. The molecule has 1 aliphatic rings. The summed E-state index contributed by atoms with van der Waals surface area (Å²) in [6, 6.07) is 6.21. The molecule has 1 aromatic rings. The quantitative estimate of drug-likeness (QED) is 0.805. The molecule has 0 radical (unpaired) electrons. The van der Waals surface area contributed by atoms with Crippen LogP contribution in [0.3, 0.4) is 0 Å². The Morgan fingerprint density at radius 3 is 2.35 bits per heavy atom. The second kappa shape index (κ2) is 9.60. The van der Waals surface area contributed by atoms with E-state index in [1.807, 2.05) is 24.8 Å². The van der Waals surface area contributed by atoms with Gasteiger partial charge in [-0.15, -0.1) is 0 Å². The first-order valence-corrected chi connectivity index (χ1v) is 9.94. The summed E-state index contributed by atoms with van der Waals surface area (Å²) < 4.78 is 0. The number of piperidine rings is 1. The van der Waals surface area contributed by atoms with E-state index in [1.165, 1.54) is 5.69 Å². The molecule has 0 aromatic heterocycles. The van der Waals surface area contributed by atoms with E-state index in [4.69, 9.17) is 0 Å². The Morgan fingerprint density at radius 2 is 1.81 bits per heavy atom. The standard InChI is InChI=1S/C21H33N3O2/c1-5-8-20(25)24-13-11-17(12-14-24)21(26)22-19-10-9-18(15-16(19)4)23(6-2)7-3/h9-10,15,17H,5-8,11-14H2,1-4H3,(H,22,26). The van der Waals surface area contributed by atoms with E-state index in [0.717, 1.165) is 43.6 Å². The zero-order chi connectivity index (χ0) is 19.1. The van der Waals surface area contributed by atoms with Crippen LogP contribution in [-0.2, 0) is 9.59 Å². The summed E-state index contributed by atoms with van der Waals surface area (Å²) in [5.41, 5.74) is 3.15. The van der Waals surface area contributed by atoms with Crippen molar-refractivity contribution in [1.29, 1.82) is 0 Å². The molecule has 1 saturated heterocycles. The maximum atomic E-state index is 12.6. The van der Waals surface area contributed by atoms with Crippen molar-refractivity contribution in [2.24, 2.45) is 5.92 Å². The second-order valence-corrected chi connectivity index (χ2v) is 7.07. The summed E-state index contributed by atoms with van der Waals surface area (Å²) in [7, 11) is 0. The van der Waals surface area contributed by atoms with Crippen LogP contribution >= 0.6 is 0 Å². The highest BCUT2D eigenvalue weighted by Gasteiger charge is 2.27. The van der Waals surface area contributed by atoms with Crippen LogP contribution in [0.5, 0.6) is 0 Å². The van der Waals surface area contributed by atoms with Gasteiger partial charge in [-0.05, 0) is 63.8 Å². The fraction of sp³-hybridized carbons (Fsp3) is 0.619. The molecule has 5 heteroatoms. The van der Waals surface area contributed by atoms with Gasteiger partial charge in [0.25, 0.3) is 0 Å². The van der Waals surface area contributed by atoms with Crippen molar-refractivity contribution in [3.8, 4) is 0 Å². The third-order valence-electron chi connectivity index (χ3n) is 5.28. The highest BCUT2D eigenvalue weighted by Crippen LogP contribution is 2.25. The van der Waals surface area contributed by atoms with Crippen molar-refractivity contribution in [2.75, 3.05) is 36.4 Å². The zero-order valence-corrected chi connectivity index (χ0v) is 16.7. The smallest absolute Gasteiger partial charge is 0.227 e. The first kappa shape index (κ1) is 20.3.